The average molecular weight is 298 g/mol. The number of carbonyl (C=O) groups excluding carboxylic acids is 1. The summed E-state index contributed by atoms with van der Waals surface area (Å²) in [4.78, 5) is 16.4. The van der Waals surface area contributed by atoms with Gasteiger partial charge in [0.15, 0.2) is 0 Å². The highest BCUT2D eigenvalue weighted by Crippen LogP contribution is 2.13. The van der Waals surface area contributed by atoms with E-state index in [0.29, 0.717) is 23.6 Å². The molecule has 1 amide bonds. The number of fused-ring (bicyclic) bond motifs is 1. The van der Waals surface area contributed by atoms with Crippen LogP contribution in [0.15, 0.2) is 35.1 Å². The first kappa shape index (κ1) is 14.3. The highest BCUT2D eigenvalue weighted by molar-refractivity contribution is 5.96. The number of carbonyl (C=O) groups is 1. The van der Waals surface area contributed by atoms with Crippen LogP contribution < -0.4 is 5.32 Å². The summed E-state index contributed by atoms with van der Waals surface area (Å²) in [6.07, 6.45) is 2.66. The third-order valence-corrected chi connectivity index (χ3v) is 3.65. The molecule has 0 spiro atoms. The number of imidazole rings is 1. The van der Waals surface area contributed by atoms with Crippen LogP contribution >= 0.6 is 0 Å². The Bertz CT molecular complexity index is 784. The van der Waals surface area contributed by atoms with E-state index in [1.807, 2.05) is 30.6 Å². The highest BCUT2D eigenvalue weighted by Gasteiger charge is 2.16. The van der Waals surface area contributed by atoms with Gasteiger partial charge in [0.2, 0.25) is 0 Å². The summed E-state index contributed by atoms with van der Waals surface area (Å²) < 4.78 is 7.10. The predicted octanol–water partition coefficient (Wildman–Crippen LogP) is 2.46. The van der Waals surface area contributed by atoms with Gasteiger partial charge in [0, 0.05) is 13.1 Å². The van der Waals surface area contributed by atoms with Crippen molar-refractivity contribution in [2.75, 3.05) is 6.54 Å². The molecule has 114 valence electrons. The molecule has 2 heterocycles. The van der Waals surface area contributed by atoms with Crippen LogP contribution in [-0.4, -0.2) is 27.2 Å². The number of aryl methyl sites for hydroxylation is 3. The van der Waals surface area contributed by atoms with E-state index >= 15 is 0 Å². The van der Waals surface area contributed by atoms with Crippen molar-refractivity contribution in [1.29, 1.82) is 0 Å². The molecule has 22 heavy (non-hydrogen) atoms. The zero-order valence-corrected chi connectivity index (χ0v) is 12.7. The van der Waals surface area contributed by atoms with Gasteiger partial charge < -0.3 is 14.4 Å². The molecule has 1 aromatic carbocycles. The quantitative estimate of drug-likeness (QED) is 0.734. The molecule has 0 saturated heterocycles. The van der Waals surface area contributed by atoms with Crippen molar-refractivity contribution in [2.24, 2.45) is 0 Å². The van der Waals surface area contributed by atoms with Crippen molar-refractivity contribution >= 4 is 16.9 Å². The molecule has 0 bridgehead atoms. The van der Waals surface area contributed by atoms with E-state index in [1.165, 1.54) is 0 Å². The second-order valence-electron chi connectivity index (χ2n) is 5.24. The van der Waals surface area contributed by atoms with Gasteiger partial charge in [0.25, 0.3) is 5.91 Å². The average Bonchev–Trinajstić information content (AvgIpc) is 3.07. The Hall–Kier alpha value is -2.63. The molecule has 6 heteroatoms. The van der Waals surface area contributed by atoms with Crippen LogP contribution in [0.5, 0.6) is 0 Å². The zero-order chi connectivity index (χ0) is 15.5. The Morgan fingerprint density at radius 3 is 2.91 bits per heavy atom. The summed E-state index contributed by atoms with van der Waals surface area (Å²) >= 11 is 0. The van der Waals surface area contributed by atoms with Crippen molar-refractivity contribution in [1.82, 2.24) is 20.0 Å². The molecule has 0 radical (unpaired) electrons. The molecule has 0 atom stereocenters. The fourth-order valence-electron chi connectivity index (χ4n) is 2.54. The molecule has 3 aromatic rings. The van der Waals surface area contributed by atoms with Gasteiger partial charge in [0.05, 0.1) is 23.1 Å². The lowest BCUT2D eigenvalue weighted by Gasteiger charge is -2.06. The number of amides is 1. The smallest absolute Gasteiger partial charge is 0.256 e. The van der Waals surface area contributed by atoms with Crippen molar-refractivity contribution in [3.8, 4) is 0 Å². The fraction of sp³-hybridized carbons (Fsp3) is 0.312. The SMILES string of the molecule is Cc1noc(C)c1C(=O)NCCCn1cnc2ccccc21. The van der Waals surface area contributed by atoms with E-state index in [9.17, 15) is 4.79 Å². The molecule has 6 nitrogen and oxygen atoms in total. The lowest BCUT2D eigenvalue weighted by atomic mass is 10.2. The Morgan fingerprint density at radius 1 is 1.32 bits per heavy atom. The van der Waals surface area contributed by atoms with E-state index in [0.717, 1.165) is 24.0 Å². The molecule has 0 fully saturated rings. The van der Waals surface area contributed by atoms with Crippen LogP contribution in [0.1, 0.15) is 28.2 Å². The minimum Gasteiger partial charge on any atom is -0.361 e. The molecule has 2 aromatic heterocycles. The predicted molar refractivity (Wildman–Crippen MR) is 82.7 cm³/mol. The first-order chi connectivity index (χ1) is 10.7. The standard InChI is InChI=1S/C16H18N4O2/c1-11-15(12(2)22-19-11)16(21)17-8-5-9-20-10-18-13-6-3-4-7-14(13)20/h3-4,6-7,10H,5,8-9H2,1-2H3,(H,17,21). The van der Waals surface area contributed by atoms with Gasteiger partial charge in [-0.3, -0.25) is 4.79 Å². The monoisotopic (exact) mass is 298 g/mol. The second kappa shape index (κ2) is 6.01. The van der Waals surface area contributed by atoms with Crippen LogP contribution in [-0.2, 0) is 6.54 Å². The van der Waals surface area contributed by atoms with Crippen LogP contribution in [0.25, 0.3) is 11.0 Å². The molecular weight excluding hydrogens is 280 g/mol. The number of aromatic nitrogens is 3. The van der Waals surface area contributed by atoms with Crippen LogP contribution in [0.2, 0.25) is 0 Å². The molecule has 0 aliphatic carbocycles. The summed E-state index contributed by atoms with van der Waals surface area (Å²) in [5.74, 6) is 0.419. The minimum absolute atomic E-state index is 0.133. The number of hydrogen-bond acceptors (Lipinski definition) is 4. The van der Waals surface area contributed by atoms with Crippen molar-refractivity contribution in [3.63, 3.8) is 0 Å². The van der Waals surface area contributed by atoms with Gasteiger partial charge in [0.1, 0.15) is 11.3 Å². The Morgan fingerprint density at radius 2 is 2.14 bits per heavy atom. The zero-order valence-electron chi connectivity index (χ0n) is 12.7. The molecule has 0 saturated carbocycles. The lowest BCUT2D eigenvalue weighted by Crippen LogP contribution is -2.26. The van der Waals surface area contributed by atoms with Gasteiger partial charge in [-0.15, -0.1) is 0 Å². The van der Waals surface area contributed by atoms with Gasteiger partial charge in [-0.25, -0.2) is 4.98 Å². The van der Waals surface area contributed by atoms with Gasteiger partial charge in [-0.1, -0.05) is 17.3 Å². The molecule has 1 N–H and O–H groups in total. The maximum atomic E-state index is 12.1. The number of nitrogens with one attached hydrogen (secondary N) is 1. The maximum absolute atomic E-state index is 12.1. The highest BCUT2D eigenvalue weighted by atomic mass is 16.5. The molecule has 0 aliphatic rings. The third-order valence-electron chi connectivity index (χ3n) is 3.65. The van der Waals surface area contributed by atoms with Crippen molar-refractivity contribution in [3.05, 3.63) is 47.6 Å². The van der Waals surface area contributed by atoms with Gasteiger partial charge in [-0.2, -0.15) is 0 Å². The lowest BCUT2D eigenvalue weighted by molar-refractivity contribution is 0.0950. The summed E-state index contributed by atoms with van der Waals surface area (Å²) in [6, 6.07) is 8.01. The molecular formula is C16H18N4O2. The minimum atomic E-state index is -0.133. The normalized spacial score (nSPS) is 11.0. The van der Waals surface area contributed by atoms with Gasteiger partial charge in [-0.05, 0) is 32.4 Å². The largest absolute Gasteiger partial charge is 0.361 e. The number of nitrogens with zero attached hydrogens (tertiary/aromatic N) is 3. The fourth-order valence-corrected chi connectivity index (χ4v) is 2.54. The summed E-state index contributed by atoms with van der Waals surface area (Å²) in [7, 11) is 0. The Labute approximate surface area is 128 Å². The summed E-state index contributed by atoms with van der Waals surface area (Å²) in [5, 5.41) is 6.70. The van der Waals surface area contributed by atoms with Crippen molar-refractivity contribution < 1.29 is 9.32 Å². The second-order valence-corrected chi connectivity index (χ2v) is 5.24. The van der Waals surface area contributed by atoms with E-state index in [-0.39, 0.29) is 5.91 Å². The summed E-state index contributed by atoms with van der Waals surface area (Å²) in [6.45, 7) is 4.91. The van der Waals surface area contributed by atoms with E-state index in [1.54, 1.807) is 13.8 Å². The maximum Gasteiger partial charge on any atom is 0.256 e. The summed E-state index contributed by atoms with van der Waals surface area (Å²) in [5.41, 5.74) is 3.26. The molecule has 0 aliphatic heterocycles. The van der Waals surface area contributed by atoms with Crippen LogP contribution in [0, 0.1) is 13.8 Å². The topological polar surface area (TPSA) is 73.0 Å². The van der Waals surface area contributed by atoms with Crippen molar-refractivity contribution in [2.45, 2.75) is 26.8 Å². The third kappa shape index (κ3) is 2.72. The number of para-hydroxylation sites is 2. The Balaban J connectivity index is 1.55. The first-order valence-electron chi connectivity index (χ1n) is 7.28. The van der Waals surface area contributed by atoms with Crippen LogP contribution in [0.3, 0.4) is 0 Å². The van der Waals surface area contributed by atoms with E-state index < -0.39 is 0 Å². The van der Waals surface area contributed by atoms with E-state index in [4.69, 9.17) is 4.52 Å². The van der Waals surface area contributed by atoms with E-state index in [2.05, 4.69) is 20.0 Å². The number of rotatable bonds is 5. The first-order valence-corrected chi connectivity index (χ1v) is 7.28. The molecule has 3 rings (SSSR count). The van der Waals surface area contributed by atoms with Crippen LogP contribution in [0.4, 0.5) is 0 Å². The number of benzene rings is 1. The van der Waals surface area contributed by atoms with Gasteiger partial charge >= 0.3 is 0 Å². The Kier molecular flexibility index (Phi) is 3.91. The number of hydrogen-bond donors (Lipinski definition) is 1. The molecule has 0 unspecified atom stereocenters.